The zero-order chi connectivity index (χ0) is 17.3. The lowest BCUT2D eigenvalue weighted by atomic mass is 9.95. The van der Waals surface area contributed by atoms with Crippen LogP contribution in [0.15, 0.2) is 16.7 Å². The van der Waals surface area contributed by atoms with E-state index in [4.69, 9.17) is 16.7 Å². The minimum absolute atomic E-state index is 0.0593. The van der Waals surface area contributed by atoms with Crippen molar-refractivity contribution in [3.8, 4) is 6.07 Å². The number of nitrogen functional groups attached to an aromatic ring is 1. The Bertz CT molecular complexity index is 850. The van der Waals surface area contributed by atoms with Gasteiger partial charge in [-0.1, -0.05) is 6.92 Å². The van der Waals surface area contributed by atoms with E-state index in [0.29, 0.717) is 5.69 Å². The first-order valence-electron chi connectivity index (χ1n) is 6.28. The molecule has 2 aromatic rings. The first-order chi connectivity index (χ1) is 10.8. The SMILES string of the molecule is CC(c1cc(F)c(F)c(C(N)=O)c1)c1nc(N)c(C#N)nc1Br. The van der Waals surface area contributed by atoms with Gasteiger partial charge in [-0.25, -0.2) is 18.7 Å². The van der Waals surface area contributed by atoms with Crippen LogP contribution in [-0.2, 0) is 0 Å². The Morgan fingerprint density at radius 1 is 1.39 bits per heavy atom. The van der Waals surface area contributed by atoms with Crippen LogP contribution in [0.1, 0.15) is 40.2 Å². The van der Waals surface area contributed by atoms with Crippen LogP contribution < -0.4 is 11.5 Å². The molecule has 0 fully saturated rings. The molecule has 1 unspecified atom stereocenters. The third-order valence-electron chi connectivity index (χ3n) is 3.24. The highest BCUT2D eigenvalue weighted by atomic mass is 79.9. The van der Waals surface area contributed by atoms with Crippen molar-refractivity contribution in [2.24, 2.45) is 5.73 Å². The van der Waals surface area contributed by atoms with Crippen LogP contribution in [0.4, 0.5) is 14.6 Å². The van der Waals surface area contributed by atoms with Gasteiger partial charge in [-0.05, 0) is 33.6 Å². The largest absolute Gasteiger partial charge is 0.381 e. The van der Waals surface area contributed by atoms with E-state index in [1.165, 1.54) is 0 Å². The standard InChI is InChI=1S/C14H10BrF2N5O/c1-5(11-12(15)21-9(4-18)13(19)22-11)6-2-7(14(20)23)10(17)8(16)3-6/h2-3,5H,1H3,(H2,19,22)(H2,20,23). The smallest absolute Gasteiger partial charge is 0.251 e. The zero-order valence-corrected chi connectivity index (χ0v) is 13.4. The van der Waals surface area contributed by atoms with E-state index >= 15 is 0 Å². The van der Waals surface area contributed by atoms with Gasteiger partial charge in [-0.2, -0.15) is 5.26 Å². The molecule has 1 atom stereocenters. The van der Waals surface area contributed by atoms with Crippen LogP contribution in [0.25, 0.3) is 0 Å². The van der Waals surface area contributed by atoms with Crippen LogP contribution in [0.3, 0.4) is 0 Å². The average molecular weight is 382 g/mol. The van der Waals surface area contributed by atoms with Gasteiger partial charge in [-0.3, -0.25) is 4.79 Å². The molecule has 0 aliphatic rings. The lowest BCUT2D eigenvalue weighted by Crippen LogP contribution is -2.16. The summed E-state index contributed by atoms with van der Waals surface area (Å²) in [7, 11) is 0. The molecule has 4 N–H and O–H groups in total. The van der Waals surface area contributed by atoms with Gasteiger partial charge in [0.15, 0.2) is 23.1 Å². The van der Waals surface area contributed by atoms with Crippen LogP contribution in [-0.4, -0.2) is 15.9 Å². The summed E-state index contributed by atoms with van der Waals surface area (Å²) in [6, 6.07) is 3.87. The van der Waals surface area contributed by atoms with Crippen LogP contribution in [0.2, 0.25) is 0 Å². The normalized spacial score (nSPS) is 11.8. The molecule has 0 saturated heterocycles. The molecule has 0 aliphatic heterocycles. The number of nitriles is 1. The van der Waals surface area contributed by atoms with Gasteiger partial charge in [0.05, 0.1) is 11.3 Å². The topological polar surface area (TPSA) is 119 Å². The highest BCUT2D eigenvalue weighted by molar-refractivity contribution is 9.10. The Kier molecular flexibility index (Phi) is 4.56. The summed E-state index contributed by atoms with van der Waals surface area (Å²) in [6.07, 6.45) is 0. The number of carbonyl (C=O) groups is 1. The molecular weight excluding hydrogens is 372 g/mol. The van der Waals surface area contributed by atoms with Crippen molar-refractivity contribution < 1.29 is 13.6 Å². The van der Waals surface area contributed by atoms with Gasteiger partial charge in [0, 0.05) is 5.92 Å². The molecule has 23 heavy (non-hydrogen) atoms. The van der Waals surface area contributed by atoms with E-state index in [2.05, 4.69) is 25.9 Å². The molecule has 1 heterocycles. The minimum Gasteiger partial charge on any atom is -0.381 e. The van der Waals surface area contributed by atoms with Gasteiger partial charge >= 0.3 is 0 Å². The van der Waals surface area contributed by atoms with Gasteiger partial charge in [0.1, 0.15) is 10.7 Å². The summed E-state index contributed by atoms with van der Waals surface area (Å²) in [6.45, 7) is 1.64. The number of hydrogen-bond acceptors (Lipinski definition) is 5. The predicted octanol–water partition coefficient (Wildman–Crippen LogP) is 2.22. The number of carbonyl (C=O) groups excluding carboxylic acids is 1. The summed E-state index contributed by atoms with van der Waals surface area (Å²) in [5, 5.41) is 8.86. The van der Waals surface area contributed by atoms with E-state index in [1.54, 1.807) is 13.0 Å². The Morgan fingerprint density at radius 2 is 2.04 bits per heavy atom. The monoisotopic (exact) mass is 381 g/mol. The van der Waals surface area contributed by atoms with Gasteiger partial charge in [-0.15, -0.1) is 0 Å². The zero-order valence-electron chi connectivity index (χ0n) is 11.8. The van der Waals surface area contributed by atoms with Crippen molar-refractivity contribution >= 4 is 27.7 Å². The Balaban J connectivity index is 2.58. The Morgan fingerprint density at radius 3 is 2.61 bits per heavy atom. The second-order valence-electron chi connectivity index (χ2n) is 4.70. The van der Waals surface area contributed by atoms with Crippen LogP contribution in [0, 0.1) is 23.0 Å². The lowest BCUT2D eigenvalue weighted by Gasteiger charge is -2.15. The van der Waals surface area contributed by atoms with Gasteiger partial charge in [0.25, 0.3) is 5.91 Å². The number of hydrogen-bond donors (Lipinski definition) is 2. The maximum atomic E-state index is 13.7. The Hall–Kier alpha value is -2.60. The van der Waals surface area contributed by atoms with Crippen molar-refractivity contribution in [1.29, 1.82) is 5.26 Å². The summed E-state index contributed by atoms with van der Waals surface area (Å²) in [4.78, 5) is 19.2. The van der Waals surface area contributed by atoms with E-state index in [1.807, 2.05) is 0 Å². The van der Waals surface area contributed by atoms with E-state index in [0.717, 1.165) is 12.1 Å². The van der Waals surface area contributed by atoms with E-state index < -0.39 is 29.0 Å². The van der Waals surface area contributed by atoms with Crippen molar-refractivity contribution in [1.82, 2.24) is 9.97 Å². The van der Waals surface area contributed by atoms with Crippen molar-refractivity contribution in [3.63, 3.8) is 0 Å². The fourth-order valence-electron chi connectivity index (χ4n) is 2.00. The van der Waals surface area contributed by atoms with Crippen molar-refractivity contribution in [2.45, 2.75) is 12.8 Å². The molecule has 1 amide bonds. The van der Waals surface area contributed by atoms with E-state index in [9.17, 15) is 13.6 Å². The van der Waals surface area contributed by atoms with Crippen molar-refractivity contribution in [3.05, 3.63) is 50.9 Å². The molecule has 1 aromatic heterocycles. The first-order valence-corrected chi connectivity index (χ1v) is 7.07. The minimum atomic E-state index is -1.31. The number of nitrogens with two attached hydrogens (primary N) is 2. The number of primary amides is 1. The van der Waals surface area contributed by atoms with Gasteiger partial charge < -0.3 is 11.5 Å². The van der Waals surface area contributed by atoms with Crippen LogP contribution in [0.5, 0.6) is 0 Å². The molecule has 6 nitrogen and oxygen atoms in total. The fourth-order valence-corrected chi connectivity index (χ4v) is 2.61. The number of anilines is 1. The number of amides is 1. The number of halogens is 3. The maximum Gasteiger partial charge on any atom is 0.251 e. The molecule has 1 aromatic carbocycles. The fraction of sp³-hybridized carbons (Fsp3) is 0.143. The summed E-state index contributed by atoms with van der Waals surface area (Å²) < 4.78 is 27.5. The molecule has 0 bridgehead atoms. The highest BCUT2D eigenvalue weighted by Crippen LogP contribution is 2.30. The Labute approximate surface area is 138 Å². The summed E-state index contributed by atoms with van der Waals surface area (Å²) in [5.41, 5.74) is 10.6. The molecule has 0 radical (unpaired) electrons. The van der Waals surface area contributed by atoms with Crippen molar-refractivity contribution in [2.75, 3.05) is 5.73 Å². The maximum absolute atomic E-state index is 13.7. The molecule has 0 spiro atoms. The summed E-state index contributed by atoms with van der Waals surface area (Å²) >= 11 is 3.16. The molecule has 118 valence electrons. The quantitative estimate of drug-likeness (QED) is 0.844. The second-order valence-corrected chi connectivity index (χ2v) is 5.45. The molecule has 0 saturated carbocycles. The third-order valence-corrected chi connectivity index (χ3v) is 3.82. The predicted molar refractivity (Wildman–Crippen MR) is 81.3 cm³/mol. The number of benzene rings is 1. The molecular formula is C14H10BrF2N5O. The molecule has 2 rings (SSSR count). The lowest BCUT2D eigenvalue weighted by molar-refractivity contribution is 0.0995. The molecule has 0 aliphatic carbocycles. The molecule has 9 heteroatoms. The second kappa shape index (κ2) is 6.26. The summed E-state index contributed by atoms with van der Waals surface area (Å²) in [5.74, 6) is -4.26. The highest BCUT2D eigenvalue weighted by Gasteiger charge is 2.22. The average Bonchev–Trinajstić information content (AvgIpc) is 2.50. The number of nitrogens with zero attached hydrogens (tertiary/aromatic N) is 3. The van der Waals surface area contributed by atoms with E-state index in [-0.39, 0.29) is 21.7 Å². The number of rotatable bonds is 3. The number of aromatic nitrogens is 2. The first kappa shape index (κ1) is 16.8. The van der Waals surface area contributed by atoms with Gasteiger partial charge in [0.2, 0.25) is 0 Å². The third kappa shape index (κ3) is 3.12. The van der Waals surface area contributed by atoms with Crippen LogP contribution >= 0.6 is 15.9 Å².